The molecule has 6 heteroatoms. The number of nitrogens with zero attached hydrogens (tertiary/aromatic N) is 1. The van der Waals surface area contributed by atoms with Crippen molar-refractivity contribution in [2.24, 2.45) is 0 Å². The van der Waals surface area contributed by atoms with Gasteiger partial charge in [0.2, 0.25) is 10.0 Å². The highest BCUT2D eigenvalue weighted by molar-refractivity contribution is 7.89. The van der Waals surface area contributed by atoms with Crippen LogP contribution in [0.15, 0.2) is 11.0 Å². The Hall–Kier alpha value is -0.430. The second-order valence-electron chi connectivity index (χ2n) is 4.64. The minimum Gasteiger partial charge on any atom is -0.312 e. The normalized spacial score (nSPS) is 12.3. The zero-order chi connectivity index (χ0) is 14.5. The standard InChI is InChI=1S/C13H24N2O2S2/c1-5-7-14-10-12-9-13(11(3)18-12)19(16,17)15(4)8-6-2/h9,14H,5-8,10H2,1-4H3. The molecule has 1 heterocycles. The van der Waals surface area contributed by atoms with Gasteiger partial charge >= 0.3 is 0 Å². The summed E-state index contributed by atoms with van der Waals surface area (Å²) in [6.45, 7) is 8.22. The molecule has 1 N–H and O–H groups in total. The van der Waals surface area contributed by atoms with Crippen LogP contribution in [0.1, 0.15) is 36.4 Å². The highest BCUT2D eigenvalue weighted by Crippen LogP contribution is 2.27. The number of hydrogen-bond donors (Lipinski definition) is 1. The van der Waals surface area contributed by atoms with Gasteiger partial charge in [-0.25, -0.2) is 12.7 Å². The first kappa shape index (κ1) is 16.6. The topological polar surface area (TPSA) is 49.4 Å². The molecule has 1 aromatic heterocycles. The number of sulfonamides is 1. The average molecular weight is 304 g/mol. The summed E-state index contributed by atoms with van der Waals surface area (Å²) in [5.41, 5.74) is 0. The van der Waals surface area contributed by atoms with E-state index < -0.39 is 10.0 Å². The van der Waals surface area contributed by atoms with Crippen molar-refractivity contribution < 1.29 is 8.42 Å². The second-order valence-corrected chi connectivity index (χ2v) is 7.99. The smallest absolute Gasteiger partial charge is 0.243 e. The number of rotatable bonds is 8. The maximum Gasteiger partial charge on any atom is 0.243 e. The molecule has 1 rings (SSSR count). The Balaban J connectivity index is 2.89. The third kappa shape index (κ3) is 4.27. The summed E-state index contributed by atoms with van der Waals surface area (Å²) >= 11 is 1.56. The molecule has 0 amide bonds. The number of thiophene rings is 1. The van der Waals surface area contributed by atoms with E-state index in [1.54, 1.807) is 18.4 Å². The van der Waals surface area contributed by atoms with Gasteiger partial charge in [-0.3, -0.25) is 0 Å². The van der Waals surface area contributed by atoms with Gasteiger partial charge in [-0.15, -0.1) is 11.3 Å². The van der Waals surface area contributed by atoms with Crippen LogP contribution >= 0.6 is 11.3 Å². The quantitative estimate of drug-likeness (QED) is 0.751. The lowest BCUT2D eigenvalue weighted by Gasteiger charge is -2.15. The van der Waals surface area contributed by atoms with Crippen molar-refractivity contribution in [3.63, 3.8) is 0 Å². The van der Waals surface area contributed by atoms with Crippen LogP contribution in [0.2, 0.25) is 0 Å². The molecule has 4 nitrogen and oxygen atoms in total. The lowest BCUT2D eigenvalue weighted by molar-refractivity contribution is 0.468. The molecule has 1 aromatic rings. The first-order valence-electron chi connectivity index (χ1n) is 6.69. The molecule has 0 saturated heterocycles. The van der Waals surface area contributed by atoms with Crippen LogP contribution in [-0.2, 0) is 16.6 Å². The Morgan fingerprint density at radius 3 is 2.58 bits per heavy atom. The van der Waals surface area contributed by atoms with Gasteiger partial charge in [0.15, 0.2) is 0 Å². The molecule has 0 aliphatic carbocycles. The fourth-order valence-corrected chi connectivity index (χ4v) is 4.69. The van der Waals surface area contributed by atoms with Crippen molar-refractivity contribution in [2.75, 3.05) is 20.1 Å². The molecule has 0 unspecified atom stereocenters. The van der Waals surface area contributed by atoms with Crippen molar-refractivity contribution in [1.82, 2.24) is 9.62 Å². The average Bonchev–Trinajstić information content (AvgIpc) is 2.72. The van der Waals surface area contributed by atoms with E-state index in [1.165, 1.54) is 4.31 Å². The third-order valence-corrected chi connectivity index (χ3v) is 6.04. The van der Waals surface area contributed by atoms with Gasteiger partial charge in [-0.2, -0.15) is 0 Å². The maximum atomic E-state index is 12.4. The maximum absolute atomic E-state index is 12.4. The molecule has 0 aromatic carbocycles. The summed E-state index contributed by atoms with van der Waals surface area (Å²) in [6.07, 6.45) is 1.90. The molecule has 0 spiro atoms. The van der Waals surface area contributed by atoms with E-state index in [2.05, 4.69) is 12.2 Å². The first-order chi connectivity index (χ1) is 8.93. The van der Waals surface area contributed by atoms with Gasteiger partial charge in [0.25, 0.3) is 0 Å². The molecule has 0 bridgehead atoms. The van der Waals surface area contributed by atoms with E-state index in [-0.39, 0.29) is 0 Å². The zero-order valence-corrected chi connectivity index (χ0v) is 13.8. The molecular formula is C13H24N2O2S2. The lowest BCUT2D eigenvalue weighted by atomic mass is 10.4. The minimum atomic E-state index is -3.33. The first-order valence-corrected chi connectivity index (χ1v) is 8.95. The number of nitrogens with one attached hydrogen (secondary N) is 1. The Bertz CT molecular complexity index is 495. The Labute approximate surface area is 120 Å². The predicted molar refractivity (Wildman–Crippen MR) is 81.2 cm³/mol. The van der Waals surface area contributed by atoms with Crippen LogP contribution in [0.4, 0.5) is 0 Å². The minimum absolute atomic E-state index is 0.460. The van der Waals surface area contributed by atoms with E-state index in [0.29, 0.717) is 11.4 Å². The summed E-state index contributed by atoms with van der Waals surface area (Å²) in [5.74, 6) is 0. The van der Waals surface area contributed by atoms with E-state index in [0.717, 1.165) is 35.7 Å². The Morgan fingerprint density at radius 2 is 2.00 bits per heavy atom. The highest BCUT2D eigenvalue weighted by atomic mass is 32.2. The van der Waals surface area contributed by atoms with Crippen molar-refractivity contribution in [2.45, 2.75) is 45.1 Å². The van der Waals surface area contributed by atoms with Crippen molar-refractivity contribution in [3.8, 4) is 0 Å². The predicted octanol–water partition coefficient (Wildman–Crippen LogP) is 2.59. The van der Waals surface area contributed by atoms with E-state index >= 15 is 0 Å². The molecule has 0 saturated carbocycles. The number of hydrogen-bond acceptors (Lipinski definition) is 4. The van der Waals surface area contributed by atoms with Crippen molar-refractivity contribution in [3.05, 3.63) is 15.8 Å². The van der Waals surface area contributed by atoms with Gasteiger partial charge in [-0.1, -0.05) is 13.8 Å². The van der Waals surface area contributed by atoms with Gasteiger partial charge in [0.05, 0.1) is 4.90 Å². The molecule has 0 radical (unpaired) electrons. The monoisotopic (exact) mass is 304 g/mol. The molecule has 0 fully saturated rings. The summed E-state index contributed by atoms with van der Waals surface area (Å²) in [5, 5.41) is 3.30. The SMILES string of the molecule is CCCNCc1cc(S(=O)(=O)N(C)CCC)c(C)s1. The zero-order valence-electron chi connectivity index (χ0n) is 12.2. The van der Waals surface area contributed by atoms with E-state index in [4.69, 9.17) is 0 Å². The van der Waals surface area contributed by atoms with Gasteiger partial charge in [-0.05, 0) is 32.4 Å². The van der Waals surface area contributed by atoms with Crippen LogP contribution in [0, 0.1) is 6.92 Å². The number of aryl methyl sites for hydroxylation is 1. The second kappa shape index (κ2) is 7.38. The largest absolute Gasteiger partial charge is 0.312 e. The molecule has 19 heavy (non-hydrogen) atoms. The summed E-state index contributed by atoms with van der Waals surface area (Å²) in [6, 6.07) is 1.81. The van der Waals surface area contributed by atoms with Crippen LogP contribution < -0.4 is 5.32 Å². The Morgan fingerprint density at radius 1 is 1.32 bits per heavy atom. The molecule has 0 atom stereocenters. The molecule has 110 valence electrons. The van der Waals surface area contributed by atoms with Crippen LogP contribution in [-0.4, -0.2) is 32.9 Å². The van der Waals surface area contributed by atoms with E-state index in [1.807, 2.05) is 19.9 Å². The lowest BCUT2D eigenvalue weighted by Crippen LogP contribution is -2.27. The summed E-state index contributed by atoms with van der Waals surface area (Å²) in [4.78, 5) is 2.41. The molecular weight excluding hydrogens is 280 g/mol. The fourth-order valence-electron chi connectivity index (χ4n) is 1.86. The fraction of sp³-hybridized carbons (Fsp3) is 0.692. The van der Waals surface area contributed by atoms with Crippen LogP contribution in [0.25, 0.3) is 0 Å². The highest BCUT2D eigenvalue weighted by Gasteiger charge is 2.24. The Kier molecular flexibility index (Phi) is 6.46. The summed E-state index contributed by atoms with van der Waals surface area (Å²) < 4.78 is 26.2. The van der Waals surface area contributed by atoms with Gasteiger partial charge < -0.3 is 5.32 Å². The molecule has 0 aliphatic heterocycles. The van der Waals surface area contributed by atoms with E-state index in [9.17, 15) is 8.42 Å². The third-order valence-electron chi connectivity index (χ3n) is 2.88. The summed E-state index contributed by atoms with van der Waals surface area (Å²) in [7, 11) is -1.68. The van der Waals surface area contributed by atoms with Crippen molar-refractivity contribution >= 4 is 21.4 Å². The van der Waals surface area contributed by atoms with Crippen molar-refractivity contribution in [1.29, 1.82) is 0 Å². The van der Waals surface area contributed by atoms with Crippen LogP contribution in [0.3, 0.4) is 0 Å². The molecule has 0 aliphatic rings. The van der Waals surface area contributed by atoms with Gasteiger partial charge in [0, 0.05) is 29.9 Å². The van der Waals surface area contributed by atoms with Crippen LogP contribution in [0.5, 0.6) is 0 Å². The van der Waals surface area contributed by atoms with Gasteiger partial charge in [0.1, 0.15) is 0 Å².